The molecule has 0 aliphatic carbocycles. The van der Waals surface area contributed by atoms with E-state index in [4.69, 9.17) is 37.4 Å². The first kappa shape index (κ1) is 20.8. The highest BCUT2D eigenvalue weighted by Crippen LogP contribution is 2.36. The average Bonchev–Trinajstić information content (AvgIpc) is 3.04. The Morgan fingerprint density at radius 2 is 1.87 bits per heavy atom. The van der Waals surface area contributed by atoms with Gasteiger partial charge in [0.05, 0.1) is 22.7 Å². The van der Waals surface area contributed by atoms with Crippen LogP contribution in [0.25, 0.3) is 6.08 Å². The highest BCUT2D eigenvalue weighted by Gasteiger charge is 2.28. The first-order valence-corrected chi connectivity index (χ1v) is 10.5. The van der Waals surface area contributed by atoms with E-state index >= 15 is 0 Å². The van der Waals surface area contributed by atoms with E-state index in [1.165, 1.54) is 0 Å². The Balaban J connectivity index is 1.54. The van der Waals surface area contributed by atoms with Crippen molar-refractivity contribution < 1.29 is 19.0 Å². The van der Waals surface area contributed by atoms with Gasteiger partial charge in [0.1, 0.15) is 23.9 Å². The van der Waals surface area contributed by atoms with Crippen LogP contribution in [0.3, 0.4) is 0 Å². The summed E-state index contributed by atoms with van der Waals surface area (Å²) in [5, 5.41) is 0.963. The highest BCUT2D eigenvalue weighted by atomic mass is 79.9. The number of hydrogen-bond donors (Lipinski definition) is 0. The predicted molar refractivity (Wildman–Crippen MR) is 121 cm³/mol. The molecule has 0 spiro atoms. The lowest BCUT2D eigenvalue weighted by Gasteiger charge is -2.08. The van der Waals surface area contributed by atoms with Gasteiger partial charge in [0.15, 0.2) is 5.76 Å². The topological polar surface area (TPSA) is 44.8 Å². The third-order valence-electron chi connectivity index (χ3n) is 4.51. The third-order valence-corrected chi connectivity index (χ3v) is 5.74. The largest absolute Gasteiger partial charge is 0.496 e. The number of benzene rings is 3. The molecule has 0 saturated carbocycles. The summed E-state index contributed by atoms with van der Waals surface area (Å²) in [4.78, 5) is 12.7. The van der Waals surface area contributed by atoms with E-state index in [-0.39, 0.29) is 11.5 Å². The first-order chi connectivity index (χ1) is 14.4. The van der Waals surface area contributed by atoms with E-state index in [1.54, 1.807) is 43.5 Å². The van der Waals surface area contributed by atoms with E-state index in [0.717, 1.165) is 15.6 Å². The average molecular weight is 506 g/mol. The molecule has 1 aliphatic heterocycles. The summed E-state index contributed by atoms with van der Waals surface area (Å²) in [7, 11) is 1.58. The predicted octanol–water partition coefficient (Wildman–Crippen LogP) is 6.96. The van der Waals surface area contributed by atoms with E-state index in [1.807, 2.05) is 24.3 Å². The van der Waals surface area contributed by atoms with Crippen LogP contribution in [0, 0.1) is 0 Å². The van der Waals surface area contributed by atoms with Gasteiger partial charge in [-0.05, 0) is 54.1 Å². The minimum Gasteiger partial charge on any atom is -0.496 e. The number of carbonyl (C=O) groups is 1. The second-order valence-electron chi connectivity index (χ2n) is 6.52. The second kappa shape index (κ2) is 8.72. The van der Waals surface area contributed by atoms with Crippen LogP contribution in [0.4, 0.5) is 0 Å². The van der Waals surface area contributed by atoms with Crippen LogP contribution < -0.4 is 14.2 Å². The van der Waals surface area contributed by atoms with Crippen molar-refractivity contribution in [1.82, 2.24) is 0 Å². The molecule has 0 amide bonds. The summed E-state index contributed by atoms with van der Waals surface area (Å²) in [6, 6.07) is 16.0. The number of ketones is 1. The fourth-order valence-corrected chi connectivity index (χ4v) is 3.71. The van der Waals surface area contributed by atoms with Crippen molar-refractivity contribution >= 4 is 51.0 Å². The van der Waals surface area contributed by atoms with Gasteiger partial charge in [0.2, 0.25) is 5.78 Å². The lowest BCUT2D eigenvalue weighted by molar-refractivity contribution is 0.101. The number of hydrogen-bond acceptors (Lipinski definition) is 4. The molecule has 0 aromatic heterocycles. The van der Waals surface area contributed by atoms with Crippen LogP contribution in [-0.4, -0.2) is 12.9 Å². The zero-order valence-corrected chi connectivity index (χ0v) is 18.8. The highest BCUT2D eigenvalue weighted by molar-refractivity contribution is 9.10. The molecule has 0 saturated heterocycles. The van der Waals surface area contributed by atoms with Gasteiger partial charge in [-0.25, -0.2) is 0 Å². The van der Waals surface area contributed by atoms with Gasteiger partial charge in [-0.3, -0.25) is 4.79 Å². The smallest absolute Gasteiger partial charge is 0.231 e. The Bertz CT molecular complexity index is 1170. The minimum atomic E-state index is -0.192. The van der Waals surface area contributed by atoms with Gasteiger partial charge in [-0.1, -0.05) is 45.2 Å². The molecular weight excluding hydrogens is 491 g/mol. The molecule has 0 N–H and O–H groups in total. The molecule has 1 aliphatic rings. The maximum absolute atomic E-state index is 12.7. The summed E-state index contributed by atoms with van der Waals surface area (Å²) >= 11 is 15.4. The van der Waals surface area contributed by atoms with Gasteiger partial charge in [0, 0.05) is 16.1 Å². The summed E-state index contributed by atoms with van der Waals surface area (Å²) < 4.78 is 17.9. The zero-order chi connectivity index (χ0) is 21.3. The van der Waals surface area contributed by atoms with E-state index in [2.05, 4.69) is 15.9 Å². The number of rotatable bonds is 5. The minimum absolute atomic E-state index is 0.192. The van der Waals surface area contributed by atoms with Gasteiger partial charge in [-0.2, -0.15) is 0 Å². The molecule has 4 nitrogen and oxygen atoms in total. The maximum atomic E-state index is 12.7. The summed E-state index contributed by atoms with van der Waals surface area (Å²) in [6.45, 7) is 0.307. The molecule has 4 rings (SSSR count). The summed E-state index contributed by atoms with van der Waals surface area (Å²) in [5.74, 6) is 1.70. The van der Waals surface area contributed by atoms with Crippen LogP contribution in [0.15, 0.2) is 64.8 Å². The number of methoxy groups -OCH3 is 1. The Hall–Kier alpha value is -2.47. The molecule has 3 aromatic rings. The van der Waals surface area contributed by atoms with Crippen LogP contribution in [-0.2, 0) is 6.61 Å². The molecule has 0 fully saturated rings. The molecule has 3 aromatic carbocycles. The monoisotopic (exact) mass is 504 g/mol. The Labute approximate surface area is 192 Å². The number of fused-ring (bicyclic) bond motifs is 1. The van der Waals surface area contributed by atoms with Crippen molar-refractivity contribution in [2.45, 2.75) is 6.61 Å². The number of allylic oxidation sites excluding steroid dienone is 1. The lowest BCUT2D eigenvalue weighted by atomic mass is 10.1. The molecule has 0 radical (unpaired) electrons. The lowest BCUT2D eigenvalue weighted by Crippen LogP contribution is -1.99. The molecule has 1 heterocycles. The van der Waals surface area contributed by atoms with E-state index in [0.29, 0.717) is 39.5 Å². The van der Waals surface area contributed by atoms with E-state index < -0.39 is 0 Å². The fourth-order valence-electron chi connectivity index (χ4n) is 3.01. The third kappa shape index (κ3) is 4.33. The Morgan fingerprint density at radius 3 is 2.63 bits per heavy atom. The van der Waals surface area contributed by atoms with Crippen molar-refractivity contribution in [2.24, 2.45) is 0 Å². The van der Waals surface area contributed by atoms with Crippen molar-refractivity contribution in [1.29, 1.82) is 0 Å². The van der Waals surface area contributed by atoms with Crippen LogP contribution in [0.5, 0.6) is 17.2 Å². The molecule has 152 valence electrons. The molecular formula is C23H15BrCl2O4. The van der Waals surface area contributed by atoms with Gasteiger partial charge < -0.3 is 14.2 Å². The first-order valence-electron chi connectivity index (χ1n) is 8.93. The summed E-state index contributed by atoms with van der Waals surface area (Å²) in [5.41, 5.74) is 2.10. The number of Topliss-reactive ketones (excluding diaryl/α,β-unsaturated/α-hetero) is 1. The number of halogens is 3. The molecule has 30 heavy (non-hydrogen) atoms. The van der Waals surface area contributed by atoms with Crippen molar-refractivity contribution in [3.05, 3.63) is 91.6 Å². The van der Waals surface area contributed by atoms with Gasteiger partial charge in [-0.15, -0.1) is 0 Å². The molecule has 0 atom stereocenters. The van der Waals surface area contributed by atoms with Crippen molar-refractivity contribution in [3.8, 4) is 17.2 Å². The zero-order valence-electron chi connectivity index (χ0n) is 15.7. The van der Waals surface area contributed by atoms with Crippen LogP contribution >= 0.6 is 39.1 Å². The summed E-state index contributed by atoms with van der Waals surface area (Å²) in [6.07, 6.45) is 1.67. The maximum Gasteiger partial charge on any atom is 0.231 e. The fraction of sp³-hybridized carbons (Fsp3) is 0.0870. The van der Waals surface area contributed by atoms with Crippen LogP contribution in [0.2, 0.25) is 10.0 Å². The second-order valence-corrected chi connectivity index (χ2v) is 8.25. The molecule has 0 bridgehead atoms. The van der Waals surface area contributed by atoms with Gasteiger partial charge >= 0.3 is 0 Å². The number of ether oxygens (including phenoxy) is 3. The number of carbonyl (C=O) groups excluding carboxylic acids is 1. The SMILES string of the molecule is COc1ccc(Br)cc1/C=C1\Oc2cc(OCc3ccc(Cl)c(Cl)c3)ccc2C1=O. The van der Waals surface area contributed by atoms with Gasteiger partial charge in [0.25, 0.3) is 0 Å². The van der Waals surface area contributed by atoms with Crippen LogP contribution in [0.1, 0.15) is 21.5 Å². The van der Waals surface area contributed by atoms with E-state index in [9.17, 15) is 4.79 Å². The van der Waals surface area contributed by atoms with Crippen molar-refractivity contribution in [2.75, 3.05) is 7.11 Å². The molecule has 7 heteroatoms. The quantitative estimate of drug-likeness (QED) is 0.351. The standard InChI is InChI=1S/C23H15BrCl2O4/c1-28-20-7-3-15(24)9-14(20)10-22-23(27)17-5-4-16(11-21(17)30-22)29-12-13-2-6-18(25)19(26)8-13/h2-11H,12H2,1H3/b22-10-. The Morgan fingerprint density at radius 1 is 1.03 bits per heavy atom. The normalized spacial score (nSPS) is 13.9. The Kier molecular flexibility index (Phi) is 6.04. The molecule has 0 unspecified atom stereocenters. The van der Waals surface area contributed by atoms with Crippen molar-refractivity contribution in [3.63, 3.8) is 0 Å².